The van der Waals surface area contributed by atoms with Crippen LogP contribution in [0.4, 0.5) is 8.78 Å². The van der Waals surface area contributed by atoms with Crippen molar-refractivity contribution in [1.82, 2.24) is 10.1 Å². The molecule has 0 aliphatic rings. The van der Waals surface area contributed by atoms with Crippen LogP contribution >= 0.6 is 9.24 Å². The van der Waals surface area contributed by atoms with E-state index in [-0.39, 0.29) is 11.8 Å². The Balaban J connectivity index is 2.92. The SMILES string of the molecule is CC(C)c1nc(C(F)(F)P)no1. The van der Waals surface area contributed by atoms with E-state index in [4.69, 9.17) is 0 Å². The summed E-state index contributed by atoms with van der Waals surface area (Å²) in [5, 5.41) is 3.15. The molecule has 0 N–H and O–H groups in total. The highest BCUT2D eigenvalue weighted by Crippen LogP contribution is 2.32. The summed E-state index contributed by atoms with van der Waals surface area (Å²) in [7, 11) is 1.36. The lowest BCUT2D eigenvalue weighted by atomic mass is 10.2. The molecule has 0 aromatic carbocycles. The molecule has 0 fully saturated rings. The van der Waals surface area contributed by atoms with Gasteiger partial charge in [-0.05, 0) is 0 Å². The smallest absolute Gasteiger partial charge is 0.320 e. The normalized spacial score (nSPS) is 12.5. The molecule has 0 saturated heterocycles. The van der Waals surface area contributed by atoms with Crippen LogP contribution in [0.2, 0.25) is 0 Å². The van der Waals surface area contributed by atoms with Crippen molar-refractivity contribution >= 4 is 9.24 Å². The molecule has 6 heteroatoms. The molecule has 0 radical (unpaired) electrons. The molecular weight excluding hydrogens is 185 g/mol. The zero-order chi connectivity index (χ0) is 9.35. The minimum absolute atomic E-state index is 0.0291. The third kappa shape index (κ3) is 1.97. The summed E-state index contributed by atoms with van der Waals surface area (Å²) in [5.74, 6) is -0.387. The second-order valence-corrected chi connectivity index (χ2v) is 3.46. The molecule has 0 bridgehead atoms. The zero-order valence-corrected chi connectivity index (χ0v) is 7.87. The summed E-state index contributed by atoms with van der Waals surface area (Å²) in [5.41, 5.74) is -3.10. The summed E-state index contributed by atoms with van der Waals surface area (Å²) in [4.78, 5) is 3.53. The van der Waals surface area contributed by atoms with Crippen LogP contribution in [0.3, 0.4) is 0 Å². The van der Waals surface area contributed by atoms with Gasteiger partial charge in [0.05, 0.1) is 0 Å². The van der Waals surface area contributed by atoms with Crippen molar-refractivity contribution in [2.24, 2.45) is 0 Å². The molecule has 1 aromatic heterocycles. The Kier molecular flexibility index (Phi) is 2.42. The van der Waals surface area contributed by atoms with Crippen LogP contribution in [0.15, 0.2) is 4.52 Å². The van der Waals surface area contributed by atoms with Crippen molar-refractivity contribution in [2.45, 2.75) is 25.4 Å². The van der Waals surface area contributed by atoms with Gasteiger partial charge < -0.3 is 4.52 Å². The summed E-state index contributed by atoms with van der Waals surface area (Å²) in [6, 6.07) is 0. The summed E-state index contributed by atoms with van der Waals surface area (Å²) in [6.07, 6.45) is 0. The van der Waals surface area contributed by atoms with Crippen molar-refractivity contribution in [3.63, 3.8) is 0 Å². The second-order valence-electron chi connectivity index (χ2n) is 2.73. The van der Waals surface area contributed by atoms with Crippen molar-refractivity contribution in [3.05, 3.63) is 11.7 Å². The quantitative estimate of drug-likeness (QED) is 0.677. The van der Waals surface area contributed by atoms with Gasteiger partial charge in [0.25, 0.3) is 0 Å². The van der Waals surface area contributed by atoms with E-state index in [1.54, 1.807) is 13.8 Å². The van der Waals surface area contributed by atoms with E-state index in [1.165, 1.54) is 9.24 Å². The molecule has 1 aromatic rings. The van der Waals surface area contributed by atoms with Gasteiger partial charge >= 0.3 is 5.66 Å². The Morgan fingerprint density at radius 2 is 2.08 bits per heavy atom. The summed E-state index contributed by atoms with van der Waals surface area (Å²) >= 11 is 0. The molecule has 12 heavy (non-hydrogen) atoms. The van der Waals surface area contributed by atoms with E-state index in [2.05, 4.69) is 14.7 Å². The Morgan fingerprint density at radius 3 is 2.33 bits per heavy atom. The maximum absolute atomic E-state index is 12.5. The van der Waals surface area contributed by atoms with Gasteiger partial charge in [-0.3, -0.25) is 0 Å². The number of nitrogens with zero attached hydrogens (tertiary/aromatic N) is 2. The van der Waals surface area contributed by atoms with Crippen LogP contribution in [0, 0.1) is 0 Å². The minimum atomic E-state index is -3.10. The largest absolute Gasteiger partial charge is 0.339 e. The minimum Gasteiger partial charge on any atom is -0.339 e. The lowest BCUT2D eigenvalue weighted by Gasteiger charge is -2.01. The predicted molar refractivity (Wildman–Crippen MR) is 42.0 cm³/mol. The molecule has 0 saturated carbocycles. The predicted octanol–water partition coefficient (Wildman–Crippen LogP) is 2.12. The number of hydrogen-bond acceptors (Lipinski definition) is 3. The Labute approximate surface area is 70.7 Å². The molecule has 0 amide bonds. The zero-order valence-electron chi connectivity index (χ0n) is 6.71. The standard InChI is InChI=1S/C6H9F2N2OP/c1-3(2)4-9-5(10-11-4)6(7,8)12/h3H,12H2,1-2H3. The van der Waals surface area contributed by atoms with E-state index in [9.17, 15) is 8.78 Å². The van der Waals surface area contributed by atoms with E-state index >= 15 is 0 Å². The molecule has 1 rings (SSSR count). The van der Waals surface area contributed by atoms with Crippen molar-refractivity contribution < 1.29 is 13.3 Å². The van der Waals surface area contributed by atoms with E-state index in [1.807, 2.05) is 0 Å². The summed E-state index contributed by atoms with van der Waals surface area (Å²) < 4.78 is 29.6. The summed E-state index contributed by atoms with van der Waals surface area (Å²) in [6.45, 7) is 3.58. The fourth-order valence-corrected chi connectivity index (χ4v) is 0.722. The van der Waals surface area contributed by atoms with Gasteiger partial charge in [0.2, 0.25) is 11.7 Å². The molecular formula is C6H9F2N2OP. The lowest BCUT2D eigenvalue weighted by Crippen LogP contribution is -2.05. The van der Waals surface area contributed by atoms with Gasteiger partial charge in [-0.15, -0.1) is 0 Å². The molecule has 0 spiro atoms. The highest BCUT2D eigenvalue weighted by molar-refractivity contribution is 7.17. The van der Waals surface area contributed by atoms with E-state index in [0.29, 0.717) is 0 Å². The van der Waals surface area contributed by atoms with E-state index < -0.39 is 11.5 Å². The van der Waals surface area contributed by atoms with Gasteiger partial charge in [0.1, 0.15) is 0 Å². The highest BCUT2D eigenvalue weighted by Gasteiger charge is 2.31. The first-order valence-corrected chi connectivity index (χ1v) is 3.99. The maximum atomic E-state index is 12.5. The molecule has 1 atom stereocenters. The van der Waals surface area contributed by atoms with Crippen LogP contribution in [-0.2, 0) is 5.66 Å². The van der Waals surface area contributed by atoms with Gasteiger partial charge in [0.15, 0.2) is 0 Å². The fraction of sp³-hybridized carbons (Fsp3) is 0.667. The first kappa shape index (κ1) is 9.52. The second kappa shape index (κ2) is 3.05. The number of rotatable bonds is 2. The third-order valence-corrected chi connectivity index (χ3v) is 1.49. The van der Waals surface area contributed by atoms with Crippen molar-refractivity contribution in [3.8, 4) is 0 Å². The molecule has 68 valence electrons. The average Bonchev–Trinajstić information content (AvgIpc) is 2.30. The molecule has 3 nitrogen and oxygen atoms in total. The van der Waals surface area contributed by atoms with Crippen molar-refractivity contribution in [1.29, 1.82) is 0 Å². The van der Waals surface area contributed by atoms with Crippen LogP contribution in [0.25, 0.3) is 0 Å². The molecule has 1 unspecified atom stereocenters. The topological polar surface area (TPSA) is 38.9 Å². The van der Waals surface area contributed by atoms with Gasteiger partial charge in [0, 0.05) is 5.92 Å². The van der Waals surface area contributed by atoms with Gasteiger partial charge in [-0.2, -0.15) is 13.8 Å². The van der Waals surface area contributed by atoms with Crippen LogP contribution in [0.1, 0.15) is 31.5 Å². The Bertz CT molecular complexity index is 269. The van der Waals surface area contributed by atoms with Crippen LogP contribution < -0.4 is 0 Å². The number of hydrogen-bond donors (Lipinski definition) is 0. The first-order chi connectivity index (χ1) is 5.41. The third-order valence-electron chi connectivity index (χ3n) is 1.23. The number of alkyl halides is 2. The number of aromatic nitrogens is 2. The first-order valence-electron chi connectivity index (χ1n) is 3.42. The number of halogens is 2. The molecule has 0 aliphatic carbocycles. The highest BCUT2D eigenvalue weighted by atomic mass is 31.0. The molecule has 1 heterocycles. The Hall–Kier alpha value is -0.570. The van der Waals surface area contributed by atoms with Gasteiger partial charge in [-0.25, -0.2) is 0 Å². The van der Waals surface area contributed by atoms with Gasteiger partial charge in [-0.1, -0.05) is 28.2 Å². The maximum Gasteiger partial charge on any atom is 0.320 e. The van der Waals surface area contributed by atoms with Crippen LogP contribution in [-0.4, -0.2) is 10.1 Å². The van der Waals surface area contributed by atoms with E-state index in [0.717, 1.165) is 0 Å². The Morgan fingerprint density at radius 1 is 1.50 bits per heavy atom. The average molecular weight is 194 g/mol. The monoisotopic (exact) mass is 194 g/mol. The van der Waals surface area contributed by atoms with Crippen molar-refractivity contribution in [2.75, 3.05) is 0 Å². The fourth-order valence-electron chi connectivity index (χ4n) is 0.605. The lowest BCUT2D eigenvalue weighted by molar-refractivity contribution is 0.0899. The molecule has 0 aliphatic heterocycles. The van der Waals surface area contributed by atoms with Crippen LogP contribution in [0.5, 0.6) is 0 Å².